The number of nitrogens with one attached hydrogen (secondary N) is 1. The van der Waals surface area contributed by atoms with Gasteiger partial charge in [0.05, 0.1) is 42.1 Å². The molecule has 0 spiro atoms. The summed E-state index contributed by atoms with van der Waals surface area (Å²) in [5.74, 6) is 2.72. The van der Waals surface area contributed by atoms with Gasteiger partial charge < -0.3 is 19.0 Å². The highest BCUT2D eigenvalue weighted by Gasteiger charge is 2.23. The number of fused-ring (bicyclic) bond motifs is 1. The van der Waals surface area contributed by atoms with Gasteiger partial charge in [0.2, 0.25) is 5.95 Å². The zero-order valence-electron chi connectivity index (χ0n) is 19.6. The minimum Gasteiger partial charge on any atom is -0.467 e. The van der Waals surface area contributed by atoms with Crippen molar-refractivity contribution >= 4 is 34.6 Å². The lowest BCUT2D eigenvalue weighted by atomic mass is 10.00. The maximum Gasteiger partial charge on any atom is 0.337 e. The third-order valence-corrected chi connectivity index (χ3v) is 7.15. The van der Waals surface area contributed by atoms with Crippen LogP contribution in [0.25, 0.3) is 10.9 Å². The molecule has 182 valence electrons. The first-order valence-electron chi connectivity index (χ1n) is 11.5. The molecule has 4 aromatic rings. The Bertz CT molecular complexity index is 1390. The van der Waals surface area contributed by atoms with Gasteiger partial charge in [-0.05, 0) is 49.1 Å². The molecule has 1 N–H and O–H groups in total. The lowest BCUT2D eigenvalue weighted by Crippen LogP contribution is -2.35. The van der Waals surface area contributed by atoms with Crippen LogP contribution in [0.15, 0.2) is 51.0 Å². The van der Waals surface area contributed by atoms with Gasteiger partial charge in [-0.2, -0.15) is 0 Å². The number of benzene rings is 1. The number of furan rings is 1. The van der Waals surface area contributed by atoms with Gasteiger partial charge in [-0.25, -0.2) is 9.78 Å². The predicted octanol–water partition coefficient (Wildman–Crippen LogP) is 3.47. The topological polar surface area (TPSA) is 119 Å². The summed E-state index contributed by atoms with van der Waals surface area (Å²) in [5.41, 5.74) is 0.519. The summed E-state index contributed by atoms with van der Waals surface area (Å²) in [6.07, 6.45) is 3.89. The minimum atomic E-state index is -0.476. The number of carbonyl (C=O) groups excluding carboxylic acids is 1. The van der Waals surface area contributed by atoms with Gasteiger partial charge >= 0.3 is 5.97 Å². The Morgan fingerprint density at radius 2 is 2.09 bits per heavy atom. The van der Waals surface area contributed by atoms with Crippen LogP contribution < -0.4 is 10.5 Å². The van der Waals surface area contributed by atoms with Crippen molar-refractivity contribution in [1.29, 1.82) is 0 Å². The monoisotopic (exact) mass is 494 g/mol. The van der Waals surface area contributed by atoms with E-state index >= 15 is 0 Å². The lowest BCUT2D eigenvalue weighted by molar-refractivity contribution is 0.0601. The number of esters is 1. The number of methoxy groups -OCH3 is 1. The summed E-state index contributed by atoms with van der Waals surface area (Å²) in [6.45, 7) is 4.65. The third-order valence-electron chi connectivity index (χ3n) is 6.17. The Kier molecular flexibility index (Phi) is 6.58. The molecule has 0 radical (unpaired) electrons. The molecule has 3 aromatic heterocycles. The molecule has 1 fully saturated rings. The van der Waals surface area contributed by atoms with Crippen molar-refractivity contribution in [3.63, 3.8) is 0 Å². The van der Waals surface area contributed by atoms with Crippen LogP contribution in [-0.2, 0) is 17.0 Å². The number of ether oxygens (including phenoxy) is 1. The van der Waals surface area contributed by atoms with E-state index in [4.69, 9.17) is 9.15 Å². The SMILES string of the molecule is COC(=O)c1ccc2c(=O)[nH]c(CSc3nnc(N4CCC(C)CC4)n3Cc3ccco3)nc2c1. The van der Waals surface area contributed by atoms with Gasteiger partial charge in [0.25, 0.3) is 5.56 Å². The summed E-state index contributed by atoms with van der Waals surface area (Å²) in [7, 11) is 1.32. The summed E-state index contributed by atoms with van der Waals surface area (Å²) in [5, 5.41) is 10.1. The zero-order valence-corrected chi connectivity index (χ0v) is 20.4. The van der Waals surface area contributed by atoms with Gasteiger partial charge in [0, 0.05) is 13.1 Å². The molecule has 4 heterocycles. The molecular formula is C24H26N6O4S. The maximum atomic E-state index is 12.6. The number of carbonyl (C=O) groups is 1. The first-order valence-corrected chi connectivity index (χ1v) is 12.4. The number of thioether (sulfide) groups is 1. The Balaban J connectivity index is 1.41. The van der Waals surface area contributed by atoms with Crippen molar-refractivity contribution in [3.8, 4) is 0 Å². The summed E-state index contributed by atoms with van der Waals surface area (Å²) in [4.78, 5) is 34.2. The highest BCUT2D eigenvalue weighted by atomic mass is 32.2. The van der Waals surface area contributed by atoms with Crippen LogP contribution in [0.1, 0.15) is 41.7 Å². The number of rotatable bonds is 7. The second-order valence-electron chi connectivity index (χ2n) is 8.64. The second-order valence-corrected chi connectivity index (χ2v) is 9.58. The Morgan fingerprint density at radius 3 is 2.83 bits per heavy atom. The van der Waals surface area contributed by atoms with E-state index in [1.165, 1.54) is 18.9 Å². The largest absolute Gasteiger partial charge is 0.467 e. The van der Waals surface area contributed by atoms with Crippen molar-refractivity contribution in [3.05, 3.63) is 64.1 Å². The van der Waals surface area contributed by atoms with Gasteiger partial charge in [0.15, 0.2) is 5.16 Å². The van der Waals surface area contributed by atoms with E-state index < -0.39 is 5.97 Å². The van der Waals surface area contributed by atoms with E-state index in [0.29, 0.717) is 45.7 Å². The smallest absolute Gasteiger partial charge is 0.337 e. The van der Waals surface area contributed by atoms with Crippen molar-refractivity contribution in [2.75, 3.05) is 25.1 Å². The summed E-state index contributed by atoms with van der Waals surface area (Å²) in [6, 6.07) is 8.49. The van der Waals surface area contributed by atoms with Crippen LogP contribution >= 0.6 is 11.8 Å². The standard InChI is InChI=1S/C24H26N6O4S/c1-15-7-9-29(10-8-15)23-27-28-24(30(23)13-17-4-3-11-34-17)35-14-20-25-19-12-16(22(32)33-2)5-6-18(19)21(31)26-20/h3-6,11-12,15H,7-10,13-14H2,1-2H3,(H,25,26,31). The molecule has 0 saturated carbocycles. The fourth-order valence-electron chi connectivity index (χ4n) is 4.16. The van der Waals surface area contributed by atoms with Crippen molar-refractivity contribution < 1.29 is 13.9 Å². The van der Waals surface area contributed by atoms with Crippen molar-refractivity contribution in [2.45, 2.75) is 37.2 Å². The fourth-order valence-corrected chi connectivity index (χ4v) is 4.96. The predicted molar refractivity (Wildman–Crippen MR) is 132 cm³/mol. The number of H-pyrrole nitrogens is 1. The van der Waals surface area contributed by atoms with Gasteiger partial charge in [-0.1, -0.05) is 18.7 Å². The molecule has 10 nitrogen and oxygen atoms in total. The third kappa shape index (κ3) is 4.95. The van der Waals surface area contributed by atoms with E-state index in [0.717, 1.165) is 37.6 Å². The van der Waals surface area contributed by atoms with Crippen LogP contribution in [0.3, 0.4) is 0 Å². The Labute approximate surface area is 205 Å². The zero-order chi connectivity index (χ0) is 24.4. The van der Waals surface area contributed by atoms with Crippen molar-refractivity contribution in [1.82, 2.24) is 24.7 Å². The lowest BCUT2D eigenvalue weighted by Gasteiger charge is -2.31. The summed E-state index contributed by atoms with van der Waals surface area (Å²) >= 11 is 1.44. The fraction of sp³-hybridized carbons (Fsp3) is 0.375. The van der Waals surface area contributed by atoms with Crippen molar-refractivity contribution in [2.24, 2.45) is 5.92 Å². The van der Waals surface area contributed by atoms with Gasteiger partial charge in [0.1, 0.15) is 11.6 Å². The van der Waals surface area contributed by atoms with Crippen LogP contribution in [0, 0.1) is 5.92 Å². The Morgan fingerprint density at radius 1 is 1.26 bits per heavy atom. The van der Waals surface area contributed by atoms with E-state index in [1.54, 1.807) is 24.5 Å². The van der Waals surface area contributed by atoms with Gasteiger partial charge in [-0.3, -0.25) is 9.36 Å². The molecule has 1 aliphatic rings. The average molecular weight is 495 g/mol. The number of aromatic amines is 1. The average Bonchev–Trinajstić information content (AvgIpc) is 3.53. The molecule has 1 aromatic carbocycles. The molecule has 0 bridgehead atoms. The molecule has 1 aliphatic heterocycles. The van der Waals surface area contributed by atoms with Crippen LogP contribution in [0.5, 0.6) is 0 Å². The number of aromatic nitrogens is 5. The highest BCUT2D eigenvalue weighted by molar-refractivity contribution is 7.98. The normalized spacial score (nSPS) is 14.5. The molecule has 0 unspecified atom stereocenters. The molecular weight excluding hydrogens is 468 g/mol. The molecule has 5 rings (SSSR count). The van der Waals surface area contributed by atoms with Crippen LogP contribution in [0.2, 0.25) is 0 Å². The first-order chi connectivity index (χ1) is 17.0. The molecule has 0 aliphatic carbocycles. The number of hydrogen-bond donors (Lipinski definition) is 1. The second kappa shape index (κ2) is 9.95. The minimum absolute atomic E-state index is 0.262. The number of anilines is 1. The van der Waals surface area contributed by atoms with E-state index in [2.05, 4.69) is 32.0 Å². The molecule has 0 amide bonds. The quantitative estimate of drug-likeness (QED) is 0.304. The van der Waals surface area contributed by atoms with E-state index in [-0.39, 0.29) is 5.56 Å². The maximum absolute atomic E-state index is 12.6. The van der Waals surface area contributed by atoms with Gasteiger partial charge in [-0.15, -0.1) is 10.2 Å². The first kappa shape index (κ1) is 23.2. The number of piperidine rings is 1. The number of hydrogen-bond acceptors (Lipinski definition) is 9. The Hall–Kier alpha value is -3.60. The van der Waals surface area contributed by atoms with E-state index in [1.807, 2.05) is 16.7 Å². The van der Waals surface area contributed by atoms with Crippen LogP contribution in [-0.4, -0.2) is 50.9 Å². The van der Waals surface area contributed by atoms with Crippen LogP contribution in [0.4, 0.5) is 5.95 Å². The molecule has 35 heavy (non-hydrogen) atoms. The molecule has 11 heteroatoms. The van der Waals surface area contributed by atoms with E-state index in [9.17, 15) is 9.59 Å². The highest BCUT2D eigenvalue weighted by Crippen LogP contribution is 2.28. The summed E-state index contributed by atoms with van der Waals surface area (Å²) < 4.78 is 12.4. The number of nitrogens with zero attached hydrogens (tertiary/aromatic N) is 5. The molecule has 1 saturated heterocycles. The molecule has 0 atom stereocenters.